The van der Waals surface area contributed by atoms with E-state index in [2.05, 4.69) is 62.8 Å². The topological polar surface area (TPSA) is 56.1 Å². The van der Waals surface area contributed by atoms with Gasteiger partial charge in [0.1, 0.15) is 6.10 Å². The Balaban J connectivity index is 1.81. The van der Waals surface area contributed by atoms with Gasteiger partial charge in [-0.2, -0.15) is 0 Å². The summed E-state index contributed by atoms with van der Waals surface area (Å²) in [5, 5.41) is 3.72. The molecule has 5 nitrogen and oxygen atoms in total. The Hall–Kier alpha value is -2.18. The number of benzene rings is 1. The van der Waals surface area contributed by atoms with Gasteiger partial charge >= 0.3 is 0 Å². The van der Waals surface area contributed by atoms with Crippen LogP contribution >= 0.6 is 0 Å². The van der Waals surface area contributed by atoms with Gasteiger partial charge in [0.15, 0.2) is 19.9 Å². The lowest BCUT2D eigenvalue weighted by molar-refractivity contribution is -0.124. The Labute approximate surface area is 180 Å². The van der Waals surface area contributed by atoms with Gasteiger partial charge < -0.3 is 14.3 Å². The summed E-state index contributed by atoms with van der Waals surface area (Å²) in [5.74, 6) is 0.998. The van der Waals surface area contributed by atoms with Crippen LogP contribution in [0.3, 0.4) is 0 Å². The predicted molar refractivity (Wildman–Crippen MR) is 123 cm³/mol. The van der Waals surface area contributed by atoms with Crippen LogP contribution in [0.1, 0.15) is 56.0 Å². The van der Waals surface area contributed by atoms with Crippen molar-refractivity contribution in [2.24, 2.45) is 0 Å². The average molecular weight is 424 g/mol. The molecule has 6 heteroatoms. The molecule has 30 heavy (non-hydrogen) atoms. The molecule has 4 rings (SSSR count). The van der Waals surface area contributed by atoms with Crippen molar-refractivity contribution in [1.29, 1.82) is 0 Å². The molecular formula is C24H33N3O2Si. The van der Waals surface area contributed by atoms with Crippen molar-refractivity contribution >= 4 is 19.8 Å². The molecule has 2 aliphatic rings. The fourth-order valence-electron chi connectivity index (χ4n) is 4.09. The van der Waals surface area contributed by atoms with Gasteiger partial charge in [0.25, 0.3) is 0 Å². The van der Waals surface area contributed by atoms with Crippen molar-refractivity contribution in [2.75, 3.05) is 0 Å². The Kier molecular flexibility index (Phi) is 5.06. The number of fused-ring (bicyclic) bond motifs is 2. The summed E-state index contributed by atoms with van der Waals surface area (Å²) in [6.07, 6.45) is 0.194. The second-order valence-corrected chi connectivity index (χ2v) is 14.8. The number of imidazole rings is 1. The third-order valence-corrected chi connectivity index (χ3v) is 11.6. The number of Topliss-reactive ketones (excluding diaryl/α,β-unsaturated/α-hetero) is 1. The number of aromatic nitrogens is 2. The minimum absolute atomic E-state index is 0.0280. The van der Waals surface area contributed by atoms with Crippen molar-refractivity contribution in [1.82, 2.24) is 14.9 Å². The molecule has 0 spiro atoms. The summed E-state index contributed by atoms with van der Waals surface area (Å²) < 4.78 is 8.98. The lowest BCUT2D eigenvalue weighted by atomic mass is 9.87. The van der Waals surface area contributed by atoms with Crippen molar-refractivity contribution in [3.63, 3.8) is 0 Å². The SMILES string of the molecule is Cc1nc2n(c1C)CCC1=C2N[C@H](c2ccccc2)[C@@H](O[Si](C)(C)C(C)(C)C)C1=O. The molecule has 0 saturated heterocycles. The minimum Gasteiger partial charge on any atom is -0.404 e. The van der Waals surface area contributed by atoms with E-state index < -0.39 is 14.4 Å². The standard InChI is InChI=1S/C24H33N3O2Si/c1-15-16(2)27-14-13-18-20(23(27)25-15)26-19(17-11-9-8-10-12-17)22(21(18)28)29-30(6,7)24(3,4)5/h8-12,19,22,26H,13-14H2,1-7H3/t19-,22-/m1/s1. The van der Waals surface area contributed by atoms with E-state index in [4.69, 9.17) is 9.41 Å². The Morgan fingerprint density at radius 3 is 2.47 bits per heavy atom. The van der Waals surface area contributed by atoms with Crippen LogP contribution in [0.25, 0.3) is 5.70 Å². The number of aryl methyl sites for hydroxylation is 1. The molecule has 1 aromatic carbocycles. The van der Waals surface area contributed by atoms with E-state index in [0.717, 1.165) is 34.9 Å². The molecule has 0 radical (unpaired) electrons. The Bertz CT molecular complexity index is 1020. The molecule has 2 atom stereocenters. The summed E-state index contributed by atoms with van der Waals surface area (Å²) in [6.45, 7) is 16.0. The number of rotatable bonds is 3. The molecule has 3 heterocycles. The molecule has 1 N–H and O–H groups in total. The van der Waals surface area contributed by atoms with Crippen LogP contribution in [0.5, 0.6) is 0 Å². The molecule has 2 aromatic rings. The Morgan fingerprint density at radius 2 is 1.83 bits per heavy atom. The normalized spacial score (nSPS) is 21.9. The van der Waals surface area contributed by atoms with E-state index in [1.807, 2.05) is 25.1 Å². The van der Waals surface area contributed by atoms with Gasteiger partial charge in [-0.05, 0) is 44.0 Å². The summed E-state index contributed by atoms with van der Waals surface area (Å²) in [6, 6.07) is 9.96. The van der Waals surface area contributed by atoms with Crippen LogP contribution in [0, 0.1) is 13.8 Å². The summed E-state index contributed by atoms with van der Waals surface area (Å²) in [5.41, 5.74) is 4.97. The molecule has 1 aromatic heterocycles. The molecule has 0 aliphatic carbocycles. The zero-order chi connectivity index (χ0) is 21.8. The first-order valence-corrected chi connectivity index (χ1v) is 13.7. The summed E-state index contributed by atoms with van der Waals surface area (Å²) >= 11 is 0. The van der Waals surface area contributed by atoms with E-state index in [1.54, 1.807) is 0 Å². The van der Waals surface area contributed by atoms with Crippen LogP contribution in [0.15, 0.2) is 35.9 Å². The van der Waals surface area contributed by atoms with Crippen molar-refractivity contribution < 1.29 is 9.22 Å². The largest absolute Gasteiger partial charge is 0.404 e. The Morgan fingerprint density at radius 1 is 1.17 bits per heavy atom. The number of hydrogen-bond donors (Lipinski definition) is 1. The maximum absolute atomic E-state index is 13.8. The van der Waals surface area contributed by atoms with E-state index in [9.17, 15) is 4.79 Å². The van der Waals surface area contributed by atoms with Crippen molar-refractivity contribution in [3.8, 4) is 0 Å². The first-order valence-electron chi connectivity index (χ1n) is 10.8. The van der Waals surface area contributed by atoms with Gasteiger partial charge in [0.2, 0.25) is 0 Å². The molecule has 0 amide bonds. The smallest absolute Gasteiger partial charge is 0.193 e. The number of carbonyl (C=O) groups excluding carboxylic acids is 1. The van der Waals surface area contributed by atoms with Gasteiger partial charge in [0.05, 0.1) is 17.4 Å². The van der Waals surface area contributed by atoms with E-state index in [1.165, 1.54) is 5.69 Å². The van der Waals surface area contributed by atoms with Crippen molar-refractivity contribution in [2.45, 2.75) is 77.9 Å². The highest BCUT2D eigenvalue weighted by atomic mass is 28.4. The van der Waals surface area contributed by atoms with Crippen LogP contribution in [-0.4, -0.2) is 29.8 Å². The third-order valence-electron chi connectivity index (χ3n) is 7.11. The van der Waals surface area contributed by atoms with Crippen molar-refractivity contribution in [3.05, 3.63) is 58.7 Å². The second kappa shape index (κ2) is 7.20. The van der Waals surface area contributed by atoms with Crippen LogP contribution < -0.4 is 5.32 Å². The maximum Gasteiger partial charge on any atom is 0.193 e. The second-order valence-electron chi connectivity index (χ2n) is 10.1. The van der Waals surface area contributed by atoms with Crippen LogP contribution in [0.2, 0.25) is 18.1 Å². The van der Waals surface area contributed by atoms with Gasteiger partial charge in [0, 0.05) is 17.8 Å². The zero-order valence-corrected chi connectivity index (χ0v) is 20.2. The van der Waals surface area contributed by atoms with Gasteiger partial charge in [-0.1, -0.05) is 51.1 Å². The maximum atomic E-state index is 13.8. The predicted octanol–water partition coefficient (Wildman–Crippen LogP) is 4.92. The monoisotopic (exact) mass is 423 g/mol. The van der Waals surface area contributed by atoms with Crippen LogP contribution in [0.4, 0.5) is 0 Å². The zero-order valence-electron chi connectivity index (χ0n) is 19.2. The number of ketones is 1. The van der Waals surface area contributed by atoms with Gasteiger partial charge in [-0.25, -0.2) is 4.98 Å². The molecule has 0 saturated carbocycles. The molecule has 0 unspecified atom stereocenters. The molecule has 2 aliphatic heterocycles. The highest BCUT2D eigenvalue weighted by molar-refractivity contribution is 6.74. The lowest BCUT2D eigenvalue weighted by Gasteiger charge is -2.44. The minimum atomic E-state index is -2.15. The number of nitrogens with one attached hydrogen (secondary N) is 1. The summed E-state index contributed by atoms with van der Waals surface area (Å²) in [7, 11) is -2.15. The summed E-state index contributed by atoms with van der Waals surface area (Å²) in [4.78, 5) is 18.6. The lowest BCUT2D eigenvalue weighted by Crippen LogP contribution is -2.53. The molecular weight excluding hydrogens is 390 g/mol. The highest BCUT2D eigenvalue weighted by Gasteiger charge is 2.47. The fourth-order valence-corrected chi connectivity index (χ4v) is 5.32. The molecule has 160 valence electrons. The number of nitrogens with zero attached hydrogens (tertiary/aromatic N) is 2. The highest BCUT2D eigenvalue weighted by Crippen LogP contribution is 2.42. The van der Waals surface area contributed by atoms with E-state index >= 15 is 0 Å². The van der Waals surface area contributed by atoms with E-state index in [0.29, 0.717) is 6.42 Å². The molecule has 0 fully saturated rings. The third kappa shape index (κ3) is 3.36. The fraction of sp³-hybridized carbons (Fsp3) is 0.500. The first-order chi connectivity index (χ1) is 14.0. The first kappa shape index (κ1) is 21.1. The average Bonchev–Trinajstić information content (AvgIpc) is 2.98. The van der Waals surface area contributed by atoms with E-state index in [-0.39, 0.29) is 16.9 Å². The molecule has 0 bridgehead atoms. The van der Waals surface area contributed by atoms with Gasteiger partial charge in [-0.3, -0.25) is 4.79 Å². The van der Waals surface area contributed by atoms with Crippen LogP contribution in [-0.2, 0) is 15.8 Å². The van der Waals surface area contributed by atoms with Gasteiger partial charge in [-0.15, -0.1) is 0 Å². The quantitative estimate of drug-likeness (QED) is 0.712. The number of carbonyl (C=O) groups is 1. The number of hydrogen-bond acceptors (Lipinski definition) is 4.